The van der Waals surface area contributed by atoms with Crippen LogP contribution in [0.25, 0.3) is 6.08 Å². The minimum Gasteiger partial charge on any atom is -0.497 e. The maximum absolute atomic E-state index is 11.8. The van der Waals surface area contributed by atoms with Crippen molar-refractivity contribution in [3.8, 4) is 5.75 Å². The van der Waals surface area contributed by atoms with Gasteiger partial charge in [0.15, 0.2) is 0 Å². The third-order valence-electron chi connectivity index (χ3n) is 2.94. The summed E-state index contributed by atoms with van der Waals surface area (Å²) >= 11 is 1.61. The summed E-state index contributed by atoms with van der Waals surface area (Å²) in [6.07, 6.45) is 3.37. The third kappa shape index (κ3) is 3.96. The number of amides is 1. The highest BCUT2D eigenvalue weighted by atomic mass is 32.1. The van der Waals surface area contributed by atoms with Gasteiger partial charge in [-0.3, -0.25) is 4.79 Å². The van der Waals surface area contributed by atoms with E-state index in [-0.39, 0.29) is 11.9 Å². The third-order valence-corrected chi connectivity index (χ3v) is 3.65. The van der Waals surface area contributed by atoms with Crippen LogP contribution in [0, 0.1) is 0 Å². The van der Waals surface area contributed by atoms with Gasteiger partial charge < -0.3 is 10.1 Å². The molecule has 3 nitrogen and oxygen atoms in total. The summed E-state index contributed by atoms with van der Waals surface area (Å²) in [5.41, 5.74) is 2.09. The van der Waals surface area contributed by atoms with Crippen LogP contribution in [0.2, 0.25) is 0 Å². The molecule has 1 aromatic carbocycles. The van der Waals surface area contributed by atoms with Gasteiger partial charge in [0, 0.05) is 6.08 Å². The lowest BCUT2D eigenvalue weighted by Crippen LogP contribution is -2.24. The second kappa shape index (κ2) is 6.91. The summed E-state index contributed by atoms with van der Waals surface area (Å²) in [7, 11) is 1.63. The standard InChI is InChI=1S/C16H17NO2S/c1-12(14-4-6-15(19-2)7-5-14)17-16(18)8-3-13-9-10-20-11-13/h3-12H,1-2H3,(H,17,18)/b8-3+. The Balaban J connectivity index is 1.92. The monoisotopic (exact) mass is 287 g/mol. The molecule has 0 radical (unpaired) electrons. The summed E-state index contributed by atoms with van der Waals surface area (Å²) in [4.78, 5) is 11.8. The van der Waals surface area contributed by atoms with E-state index < -0.39 is 0 Å². The number of hydrogen-bond donors (Lipinski definition) is 1. The van der Waals surface area contributed by atoms with Crippen LogP contribution >= 0.6 is 11.3 Å². The molecule has 1 aromatic heterocycles. The highest BCUT2D eigenvalue weighted by molar-refractivity contribution is 7.08. The molecule has 0 saturated carbocycles. The normalized spacial score (nSPS) is 12.3. The summed E-state index contributed by atoms with van der Waals surface area (Å²) < 4.78 is 5.11. The lowest BCUT2D eigenvalue weighted by molar-refractivity contribution is -0.117. The van der Waals surface area contributed by atoms with Gasteiger partial charge in [-0.05, 0) is 53.1 Å². The Morgan fingerprint density at radius 2 is 2.05 bits per heavy atom. The van der Waals surface area contributed by atoms with E-state index in [0.29, 0.717) is 0 Å². The van der Waals surface area contributed by atoms with Gasteiger partial charge in [0.1, 0.15) is 5.75 Å². The van der Waals surface area contributed by atoms with Crippen molar-refractivity contribution >= 4 is 23.3 Å². The van der Waals surface area contributed by atoms with Crippen molar-refractivity contribution in [3.05, 3.63) is 58.3 Å². The smallest absolute Gasteiger partial charge is 0.244 e. The van der Waals surface area contributed by atoms with Gasteiger partial charge >= 0.3 is 0 Å². The first kappa shape index (κ1) is 14.3. The van der Waals surface area contributed by atoms with E-state index in [1.807, 2.05) is 54.1 Å². The number of rotatable bonds is 5. The largest absolute Gasteiger partial charge is 0.497 e. The predicted molar refractivity (Wildman–Crippen MR) is 82.9 cm³/mol. The molecule has 0 aliphatic rings. The average molecular weight is 287 g/mol. The van der Waals surface area contributed by atoms with Crippen LogP contribution in [-0.2, 0) is 4.79 Å². The quantitative estimate of drug-likeness (QED) is 0.853. The number of carbonyl (C=O) groups is 1. The lowest BCUT2D eigenvalue weighted by Gasteiger charge is -2.13. The zero-order chi connectivity index (χ0) is 14.4. The Kier molecular flexibility index (Phi) is 4.96. The molecule has 1 atom stereocenters. The number of carbonyl (C=O) groups excluding carboxylic acids is 1. The topological polar surface area (TPSA) is 38.3 Å². The first-order valence-corrected chi connectivity index (χ1v) is 7.28. The zero-order valence-corrected chi connectivity index (χ0v) is 12.3. The molecule has 1 amide bonds. The number of nitrogens with one attached hydrogen (secondary N) is 1. The lowest BCUT2D eigenvalue weighted by atomic mass is 10.1. The fraction of sp³-hybridized carbons (Fsp3) is 0.188. The minimum atomic E-state index is -0.0977. The average Bonchev–Trinajstić information content (AvgIpc) is 2.98. The molecule has 20 heavy (non-hydrogen) atoms. The van der Waals surface area contributed by atoms with Crippen LogP contribution in [-0.4, -0.2) is 13.0 Å². The van der Waals surface area contributed by atoms with Gasteiger partial charge in [-0.1, -0.05) is 12.1 Å². The molecule has 0 bridgehead atoms. The van der Waals surface area contributed by atoms with Crippen molar-refractivity contribution < 1.29 is 9.53 Å². The maximum atomic E-state index is 11.8. The molecule has 0 saturated heterocycles. The maximum Gasteiger partial charge on any atom is 0.244 e. The molecule has 0 spiro atoms. The van der Waals surface area contributed by atoms with Crippen LogP contribution in [0.5, 0.6) is 5.75 Å². The molecule has 2 rings (SSSR count). The molecule has 0 aliphatic carbocycles. The molecular weight excluding hydrogens is 270 g/mol. The first-order valence-electron chi connectivity index (χ1n) is 6.34. The number of methoxy groups -OCH3 is 1. The van der Waals surface area contributed by atoms with E-state index in [1.165, 1.54) is 0 Å². The van der Waals surface area contributed by atoms with Crippen LogP contribution in [0.1, 0.15) is 24.1 Å². The van der Waals surface area contributed by atoms with Crippen molar-refractivity contribution in [1.29, 1.82) is 0 Å². The van der Waals surface area contributed by atoms with E-state index >= 15 is 0 Å². The zero-order valence-electron chi connectivity index (χ0n) is 11.5. The Morgan fingerprint density at radius 1 is 1.30 bits per heavy atom. The fourth-order valence-electron chi connectivity index (χ4n) is 1.78. The van der Waals surface area contributed by atoms with E-state index in [2.05, 4.69) is 5.32 Å². The molecule has 1 N–H and O–H groups in total. The molecule has 104 valence electrons. The van der Waals surface area contributed by atoms with Gasteiger partial charge in [-0.15, -0.1) is 0 Å². The van der Waals surface area contributed by atoms with E-state index in [4.69, 9.17) is 4.74 Å². The molecule has 1 heterocycles. The van der Waals surface area contributed by atoms with Gasteiger partial charge in [0.25, 0.3) is 0 Å². The summed E-state index contributed by atoms with van der Waals surface area (Å²) in [5.74, 6) is 0.712. The van der Waals surface area contributed by atoms with Crippen LogP contribution < -0.4 is 10.1 Å². The van der Waals surface area contributed by atoms with Gasteiger partial charge in [0.2, 0.25) is 5.91 Å². The van der Waals surface area contributed by atoms with Crippen LogP contribution in [0.4, 0.5) is 0 Å². The molecular formula is C16H17NO2S. The van der Waals surface area contributed by atoms with Crippen molar-refractivity contribution in [1.82, 2.24) is 5.32 Å². The van der Waals surface area contributed by atoms with Crippen molar-refractivity contribution in [2.75, 3.05) is 7.11 Å². The Labute approximate surface area is 122 Å². The number of benzene rings is 1. The summed E-state index contributed by atoms with van der Waals surface area (Å²) in [6.45, 7) is 1.96. The Hall–Kier alpha value is -2.07. The van der Waals surface area contributed by atoms with Crippen LogP contribution in [0.15, 0.2) is 47.2 Å². The van der Waals surface area contributed by atoms with Crippen molar-refractivity contribution in [2.45, 2.75) is 13.0 Å². The van der Waals surface area contributed by atoms with Crippen molar-refractivity contribution in [2.24, 2.45) is 0 Å². The summed E-state index contributed by atoms with van der Waals surface area (Å²) in [5, 5.41) is 6.91. The fourth-order valence-corrected chi connectivity index (χ4v) is 2.41. The predicted octanol–water partition coefficient (Wildman–Crippen LogP) is 3.65. The van der Waals surface area contributed by atoms with E-state index in [1.54, 1.807) is 24.5 Å². The molecule has 4 heteroatoms. The highest BCUT2D eigenvalue weighted by Crippen LogP contribution is 2.17. The Morgan fingerprint density at radius 3 is 2.65 bits per heavy atom. The number of hydrogen-bond acceptors (Lipinski definition) is 3. The molecule has 2 aromatic rings. The molecule has 1 unspecified atom stereocenters. The van der Waals surface area contributed by atoms with E-state index in [0.717, 1.165) is 16.9 Å². The van der Waals surface area contributed by atoms with Crippen molar-refractivity contribution in [3.63, 3.8) is 0 Å². The molecule has 0 aliphatic heterocycles. The molecule has 0 fully saturated rings. The first-order chi connectivity index (χ1) is 9.69. The SMILES string of the molecule is COc1ccc(C(C)NC(=O)/C=C/c2ccsc2)cc1. The van der Waals surface area contributed by atoms with Gasteiger partial charge in [-0.2, -0.15) is 11.3 Å². The highest BCUT2D eigenvalue weighted by Gasteiger charge is 2.07. The minimum absolute atomic E-state index is 0.0412. The second-order valence-electron chi connectivity index (χ2n) is 4.39. The van der Waals surface area contributed by atoms with E-state index in [9.17, 15) is 4.79 Å². The Bertz CT molecular complexity index is 573. The van der Waals surface area contributed by atoms with Crippen LogP contribution in [0.3, 0.4) is 0 Å². The second-order valence-corrected chi connectivity index (χ2v) is 5.17. The van der Waals surface area contributed by atoms with Gasteiger partial charge in [-0.25, -0.2) is 0 Å². The number of ether oxygens (including phenoxy) is 1. The number of thiophene rings is 1. The van der Waals surface area contributed by atoms with Gasteiger partial charge in [0.05, 0.1) is 13.2 Å². The summed E-state index contributed by atoms with van der Waals surface area (Å²) in [6, 6.07) is 9.61.